The zero-order valence-corrected chi connectivity index (χ0v) is 18.8. The molecule has 162 valence electrons. The molecule has 0 saturated carbocycles. The van der Waals surface area contributed by atoms with Gasteiger partial charge < -0.3 is 4.74 Å². The molecule has 0 aromatic rings. The molecular formula is C21H42O6. The lowest BCUT2D eigenvalue weighted by atomic mass is 10.0. The minimum absolute atomic E-state index is 0.162. The molecule has 0 rings (SSSR count). The first-order chi connectivity index (χ1) is 12.5. The van der Waals surface area contributed by atoms with E-state index < -0.39 is 17.0 Å². The number of hydrogen-bond acceptors (Lipinski definition) is 6. The summed E-state index contributed by atoms with van der Waals surface area (Å²) in [6.07, 6.45) is 5.89. The van der Waals surface area contributed by atoms with Crippen LogP contribution in [0, 0.1) is 0 Å². The van der Waals surface area contributed by atoms with Crippen LogP contribution >= 0.6 is 0 Å². The Morgan fingerprint density at radius 1 is 0.704 bits per heavy atom. The second kappa shape index (κ2) is 12.7. The van der Waals surface area contributed by atoms with Gasteiger partial charge in [0.1, 0.15) is 0 Å². The second-order valence-electron chi connectivity index (χ2n) is 8.56. The van der Waals surface area contributed by atoms with Crippen molar-refractivity contribution in [3.05, 3.63) is 0 Å². The van der Waals surface area contributed by atoms with Crippen LogP contribution < -0.4 is 0 Å². The third kappa shape index (κ3) is 13.2. The molecule has 0 spiro atoms. The topological polar surface area (TPSA) is 63.2 Å². The van der Waals surface area contributed by atoms with Crippen molar-refractivity contribution in [1.82, 2.24) is 0 Å². The van der Waals surface area contributed by atoms with Gasteiger partial charge in [-0.05, 0) is 53.9 Å². The van der Waals surface area contributed by atoms with Crippen LogP contribution in [0.3, 0.4) is 0 Å². The van der Waals surface area contributed by atoms with Crippen LogP contribution in [0.25, 0.3) is 0 Å². The van der Waals surface area contributed by atoms with E-state index in [0.29, 0.717) is 6.61 Å². The van der Waals surface area contributed by atoms with Crippen molar-refractivity contribution in [2.75, 3.05) is 6.61 Å². The summed E-state index contributed by atoms with van der Waals surface area (Å²) in [6, 6.07) is 0. The number of hydrogen-bond donors (Lipinski definition) is 0. The molecule has 27 heavy (non-hydrogen) atoms. The lowest BCUT2D eigenvalue weighted by Gasteiger charge is -2.34. The first kappa shape index (κ1) is 26.3. The van der Waals surface area contributed by atoms with Crippen molar-refractivity contribution in [3.63, 3.8) is 0 Å². The third-order valence-electron chi connectivity index (χ3n) is 4.14. The summed E-state index contributed by atoms with van der Waals surface area (Å²) in [6.45, 7) is 16.2. The summed E-state index contributed by atoms with van der Waals surface area (Å²) >= 11 is 0. The van der Waals surface area contributed by atoms with Crippen LogP contribution in [0.2, 0.25) is 0 Å². The van der Waals surface area contributed by atoms with Gasteiger partial charge in [-0.1, -0.05) is 40.0 Å². The average Bonchev–Trinajstić information content (AvgIpc) is 2.57. The van der Waals surface area contributed by atoms with Gasteiger partial charge in [0.25, 0.3) is 0 Å². The maximum atomic E-state index is 12.0. The quantitative estimate of drug-likeness (QED) is 0.108. The molecule has 6 heteroatoms. The Balaban J connectivity index is 4.83. The molecule has 0 aliphatic heterocycles. The summed E-state index contributed by atoms with van der Waals surface area (Å²) < 4.78 is 5.21. The predicted molar refractivity (Wildman–Crippen MR) is 106 cm³/mol. The van der Waals surface area contributed by atoms with Crippen LogP contribution in [-0.4, -0.2) is 29.6 Å². The van der Waals surface area contributed by atoms with Gasteiger partial charge in [0.05, 0.1) is 24.2 Å². The van der Waals surface area contributed by atoms with E-state index in [1.807, 2.05) is 27.7 Å². The number of carbonyl (C=O) groups excluding carboxylic acids is 1. The first-order valence-electron chi connectivity index (χ1n) is 10.4. The molecular weight excluding hydrogens is 348 g/mol. The summed E-state index contributed by atoms with van der Waals surface area (Å²) in [5, 5.41) is 0. The molecule has 0 fully saturated rings. The highest BCUT2D eigenvalue weighted by Gasteiger charge is 2.35. The van der Waals surface area contributed by atoms with Crippen molar-refractivity contribution in [2.45, 2.75) is 124 Å². The Morgan fingerprint density at radius 2 is 1.19 bits per heavy atom. The molecule has 0 atom stereocenters. The summed E-state index contributed by atoms with van der Waals surface area (Å²) in [4.78, 5) is 34.5. The van der Waals surface area contributed by atoms with Gasteiger partial charge in [0.2, 0.25) is 5.79 Å². The fourth-order valence-electron chi connectivity index (χ4n) is 2.52. The molecule has 0 heterocycles. The molecule has 0 radical (unpaired) electrons. The van der Waals surface area contributed by atoms with Crippen molar-refractivity contribution >= 4 is 5.97 Å². The maximum Gasteiger partial charge on any atom is 0.305 e. The largest absolute Gasteiger partial charge is 0.466 e. The van der Waals surface area contributed by atoms with Crippen LogP contribution in [-0.2, 0) is 29.1 Å². The van der Waals surface area contributed by atoms with E-state index in [-0.39, 0.29) is 18.8 Å². The molecule has 6 nitrogen and oxygen atoms in total. The Morgan fingerprint density at radius 3 is 1.59 bits per heavy atom. The number of unbranched alkanes of at least 4 members (excludes halogenated alkanes) is 1. The minimum Gasteiger partial charge on any atom is -0.466 e. The summed E-state index contributed by atoms with van der Waals surface area (Å²) in [7, 11) is 0. The first-order valence-corrected chi connectivity index (χ1v) is 10.4. The van der Waals surface area contributed by atoms with Crippen LogP contribution in [0.1, 0.15) is 107 Å². The summed E-state index contributed by atoms with van der Waals surface area (Å²) in [5.74, 6) is -1.48. The van der Waals surface area contributed by atoms with Crippen molar-refractivity contribution in [3.8, 4) is 0 Å². The highest BCUT2D eigenvalue weighted by atomic mass is 17.3. The Hall–Kier alpha value is -0.690. The van der Waals surface area contributed by atoms with Gasteiger partial charge in [0.15, 0.2) is 0 Å². The Labute approximate surface area is 166 Å². The van der Waals surface area contributed by atoms with Crippen molar-refractivity contribution in [1.29, 1.82) is 0 Å². The molecule has 0 aromatic carbocycles. The minimum atomic E-state index is -1.21. The summed E-state index contributed by atoms with van der Waals surface area (Å²) in [5.41, 5.74) is -0.917. The van der Waals surface area contributed by atoms with Gasteiger partial charge in [0, 0.05) is 6.42 Å². The molecule has 0 aromatic heterocycles. The lowest BCUT2D eigenvalue weighted by molar-refractivity contribution is -0.540. The zero-order valence-electron chi connectivity index (χ0n) is 18.8. The molecule has 0 aliphatic carbocycles. The highest BCUT2D eigenvalue weighted by Crippen LogP contribution is 2.28. The molecule has 0 unspecified atom stereocenters. The van der Waals surface area contributed by atoms with Gasteiger partial charge in [-0.3, -0.25) is 4.79 Å². The lowest BCUT2D eigenvalue weighted by Crippen LogP contribution is -2.40. The smallest absolute Gasteiger partial charge is 0.305 e. The van der Waals surface area contributed by atoms with Gasteiger partial charge in [-0.2, -0.15) is 9.78 Å². The van der Waals surface area contributed by atoms with E-state index in [1.165, 1.54) is 0 Å². The maximum absolute atomic E-state index is 12.0. The molecule has 0 aliphatic rings. The van der Waals surface area contributed by atoms with E-state index in [4.69, 9.17) is 24.3 Å². The van der Waals surface area contributed by atoms with Gasteiger partial charge in [-0.25, -0.2) is 9.78 Å². The highest BCUT2D eigenvalue weighted by molar-refractivity contribution is 5.69. The number of rotatable bonds is 16. The molecule has 0 bridgehead atoms. The average molecular weight is 391 g/mol. The van der Waals surface area contributed by atoms with Crippen LogP contribution in [0.5, 0.6) is 0 Å². The Bertz CT molecular complexity index is 383. The predicted octanol–water partition coefficient (Wildman–Crippen LogP) is 5.88. The second-order valence-corrected chi connectivity index (χ2v) is 8.56. The van der Waals surface area contributed by atoms with Crippen LogP contribution in [0.4, 0.5) is 0 Å². The molecule has 0 amide bonds. The fraction of sp³-hybridized carbons (Fsp3) is 0.952. The van der Waals surface area contributed by atoms with Crippen molar-refractivity contribution in [2.24, 2.45) is 0 Å². The molecule has 0 saturated heterocycles. The van der Waals surface area contributed by atoms with E-state index in [2.05, 4.69) is 20.8 Å². The Kier molecular flexibility index (Phi) is 12.4. The third-order valence-corrected chi connectivity index (χ3v) is 4.14. The van der Waals surface area contributed by atoms with Gasteiger partial charge >= 0.3 is 5.97 Å². The number of esters is 1. The zero-order chi connectivity index (χ0) is 21.0. The normalized spacial score (nSPS) is 13.0. The fourth-order valence-corrected chi connectivity index (χ4v) is 2.52. The monoisotopic (exact) mass is 390 g/mol. The molecule has 0 N–H and O–H groups in total. The van der Waals surface area contributed by atoms with E-state index >= 15 is 0 Å². The van der Waals surface area contributed by atoms with Crippen molar-refractivity contribution < 1.29 is 29.1 Å². The van der Waals surface area contributed by atoms with Gasteiger partial charge in [-0.15, -0.1) is 0 Å². The van der Waals surface area contributed by atoms with Crippen LogP contribution in [0.15, 0.2) is 0 Å². The van der Waals surface area contributed by atoms with E-state index in [0.717, 1.165) is 38.5 Å². The standard InChI is InChI=1S/C21H42O6/c1-9-12-17-23-18(22)13-16-21(8,26-24-19(4,5)14-10-2)27-25-20(6,7)15-11-3/h9-17H2,1-8H3. The van der Waals surface area contributed by atoms with E-state index in [1.54, 1.807) is 6.92 Å². The number of ether oxygens (including phenoxy) is 1. The van der Waals surface area contributed by atoms with E-state index in [9.17, 15) is 4.79 Å². The SMILES string of the molecule is CCCCOC(=O)CCC(C)(OOC(C)(C)CCC)OOC(C)(C)CCC. The number of carbonyl (C=O) groups is 1.